The molecule has 0 saturated heterocycles. The van der Waals surface area contributed by atoms with Crippen LogP contribution in [-0.4, -0.2) is 9.38 Å². The van der Waals surface area contributed by atoms with Crippen molar-refractivity contribution in [3.8, 4) is 5.75 Å². The summed E-state index contributed by atoms with van der Waals surface area (Å²) in [5, 5.41) is 0. The standard InChI is InChI=1S/C14H11FN2O2S/c1-9-7-17-13(18)6-11(16-14(17)20-9)8-19-12-4-2-10(15)3-5-12/h2-7H,8H2,1H3. The lowest BCUT2D eigenvalue weighted by atomic mass is 10.3. The Balaban J connectivity index is 1.84. The lowest BCUT2D eigenvalue weighted by molar-refractivity contribution is 0.301. The van der Waals surface area contributed by atoms with E-state index < -0.39 is 0 Å². The highest BCUT2D eigenvalue weighted by Gasteiger charge is 2.06. The molecule has 0 unspecified atom stereocenters. The van der Waals surface area contributed by atoms with Gasteiger partial charge in [-0.2, -0.15) is 0 Å². The lowest BCUT2D eigenvalue weighted by Gasteiger charge is -2.05. The van der Waals surface area contributed by atoms with Gasteiger partial charge in [-0.1, -0.05) is 0 Å². The van der Waals surface area contributed by atoms with E-state index in [-0.39, 0.29) is 18.0 Å². The summed E-state index contributed by atoms with van der Waals surface area (Å²) >= 11 is 1.45. The molecule has 102 valence electrons. The largest absolute Gasteiger partial charge is 0.487 e. The van der Waals surface area contributed by atoms with E-state index in [1.54, 1.807) is 6.20 Å². The van der Waals surface area contributed by atoms with Crippen molar-refractivity contribution in [1.82, 2.24) is 9.38 Å². The van der Waals surface area contributed by atoms with E-state index in [0.29, 0.717) is 16.4 Å². The van der Waals surface area contributed by atoms with Crippen LogP contribution in [-0.2, 0) is 6.61 Å². The van der Waals surface area contributed by atoms with Crippen LogP contribution in [0.15, 0.2) is 41.3 Å². The highest BCUT2D eigenvalue weighted by atomic mass is 32.1. The molecule has 0 saturated carbocycles. The summed E-state index contributed by atoms with van der Waals surface area (Å²) in [6.45, 7) is 2.10. The van der Waals surface area contributed by atoms with Crippen molar-refractivity contribution in [1.29, 1.82) is 0 Å². The van der Waals surface area contributed by atoms with Crippen molar-refractivity contribution in [3.05, 3.63) is 63.3 Å². The summed E-state index contributed by atoms with van der Waals surface area (Å²) in [6, 6.07) is 7.17. The van der Waals surface area contributed by atoms with E-state index in [4.69, 9.17) is 4.74 Å². The third kappa shape index (κ3) is 2.55. The molecule has 4 nitrogen and oxygen atoms in total. The van der Waals surface area contributed by atoms with E-state index >= 15 is 0 Å². The summed E-state index contributed by atoms with van der Waals surface area (Å²) < 4.78 is 19.8. The maximum Gasteiger partial charge on any atom is 0.258 e. The number of thiazole rings is 1. The molecular formula is C14H11FN2O2S. The minimum absolute atomic E-state index is 0.128. The number of fused-ring (bicyclic) bond motifs is 1. The van der Waals surface area contributed by atoms with E-state index in [1.807, 2.05) is 6.92 Å². The monoisotopic (exact) mass is 290 g/mol. The fraction of sp³-hybridized carbons (Fsp3) is 0.143. The Morgan fingerprint density at radius 3 is 2.85 bits per heavy atom. The van der Waals surface area contributed by atoms with Gasteiger partial charge < -0.3 is 4.74 Å². The summed E-state index contributed by atoms with van der Waals surface area (Å²) in [4.78, 5) is 17.9. The average Bonchev–Trinajstić information content (AvgIpc) is 2.79. The van der Waals surface area contributed by atoms with Crippen LogP contribution in [0.3, 0.4) is 0 Å². The summed E-state index contributed by atoms with van der Waals surface area (Å²) in [5.74, 6) is 0.222. The van der Waals surface area contributed by atoms with Gasteiger partial charge in [-0.25, -0.2) is 9.37 Å². The Morgan fingerprint density at radius 2 is 2.10 bits per heavy atom. The van der Waals surface area contributed by atoms with Gasteiger partial charge in [0, 0.05) is 17.1 Å². The number of nitrogens with zero attached hydrogens (tertiary/aromatic N) is 2. The molecule has 0 aliphatic rings. The first-order valence-electron chi connectivity index (χ1n) is 5.99. The van der Waals surface area contributed by atoms with Crippen molar-refractivity contribution < 1.29 is 9.13 Å². The maximum atomic E-state index is 12.8. The average molecular weight is 290 g/mol. The molecule has 0 aliphatic carbocycles. The van der Waals surface area contributed by atoms with Crippen LogP contribution in [0.1, 0.15) is 10.6 Å². The zero-order valence-electron chi connectivity index (χ0n) is 10.7. The van der Waals surface area contributed by atoms with E-state index in [2.05, 4.69) is 4.98 Å². The number of ether oxygens (including phenoxy) is 1. The van der Waals surface area contributed by atoms with Gasteiger partial charge in [-0.3, -0.25) is 9.20 Å². The highest BCUT2D eigenvalue weighted by molar-refractivity contribution is 7.16. The summed E-state index contributed by atoms with van der Waals surface area (Å²) in [7, 11) is 0. The number of hydrogen-bond donors (Lipinski definition) is 0. The van der Waals surface area contributed by atoms with Crippen molar-refractivity contribution >= 4 is 16.3 Å². The predicted molar refractivity (Wildman–Crippen MR) is 74.8 cm³/mol. The quantitative estimate of drug-likeness (QED) is 0.745. The third-order valence-corrected chi connectivity index (χ3v) is 3.63. The van der Waals surface area contributed by atoms with Gasteiger partial charge in [-0.05, 0) is 31.2 Å². The molecule has 6 heteroatoms. The molecule has 0 amide bonds. The fourth-order valence-corrected chi connectivity index (χ4v) is 2.67. The first kappa shape index (κ1) is 12.8. The normalized spacial score (nSPS) is 10.9. The van der Waals surface area contributed by atoms with Gasteiger partial charge in [0.2, 0.25) is 0 Å². The van der Waals surface area contributed by atoms with Crippen LogP contribution in [0.5, 0.6) is 5.75 Å². The first-order chi connectivity index (χ1) is 9.61. The molecule has 0 aliphatic heterocycles. The lowest BCUT2D eigenvalue weighted by Crippen LogP contribution is -2.14. The van der Waals surface area contributed by atoms with E-state index in [1.165, 1.54) is 46.1 Å². The number of aromatic nitrogens is 2. The van der Waals surface area contributed by atoms with Gasteiger partial charge >= 0.3 is 0 Å². The van der Waals surface area contributed by atoms with Crippen molar-refractivity contribution in [3.63, 3.8) is 0 Å². The zero-order chi connectivity index (χ0) is 14.1. The molecule has 2 heterocycles. The summed E-state index contributed by atoms with van der Waals surface area (Å²) in [6.07, 6.45) is 1.76. The Morgan fingerprint density at radius 1 is 1.35 bits per heavy atom. The number of benzene rings is 1. The molecule has 2 aromatic heterocycles. The molecule has 20 heavy (non-hydrogen) atoms. The van der Waals surface area contributed by atoms with Crippen LogP contribution in [0, 0.1) is 12.7 Å². The van der Waals surface area contributed by atoms with E-state index in [9.17, 15) is 9.18 Å². The van der Waals surface area contributed by atoms with Gasteiger partial charge in [0.15, 0.2) is 4.96 Å². The number of hydrogen-bond acceptors (Lipinski definition) is 4. The van der Waals surface area contributed by atoms with Gasteiger partial charge in [0.05, 0.1) is 5.69 Å². The molecule has 3 aromatic rings. The Labute approximate surface area is 118 Å². The second kappa shape index (κ2) is 5.05. The molecule has 0 fully saturated rings. The van der Waals surface area contributed by atoms with Crippen molar-refractivity contribution in [2.24, 2.45) is 0 Å². The molecule has 1 aromatic carbocycles. The third-order valence-electron chi connectivity index (χ3n) is 2.74. The van der Waals surface area contributed by atoms with E-state index in [0.717, 1.165) is 4.88 Å². The minimum Gasteiger partial charge on any atom is -0.487 e. The molecular weight excluding hydrogens is 279 g/mol. The second-order valence-electron chi connectivity index (χ2n) is 4.32. The molecule has 0 bridgehead atoms. The van der Waals surface area contributed by atoms with Crippen LogP contribution in [0.25, 0.3) is 4.96 Å². The molecule has 0 atom stereocenters. The topological polar surface area (TPSA) is 43.6 Å². The number of halogens is 1. The molecule has 0 radical (unpaired) electrons. The fourth-order valence-electron chi connectivity index (χ4n) is 1.82. The van der Waals surface area contributed by atoms with Gasteiger partial charge in [0.25, 0.3) is 5.56 Å². The van der Waals surface area contributed by atoms with Gasteiger partial charge in [-0.15, -0.1) is 11.3 Å². The Kier molecular flexibility index (Phi) is 3.23. The van der Waals surface area contributed by atoms with Crippen molar-refractivity contribution in [2.45, 2.75) is 13.5 Å². The summed E-state index contributed by atoms with van der Waals surface area (Å²) in [5.41, 5.74) is 0.429. The molecule has 3 rings (SSSR count). The number of rotatable bonds is 3. The first-order valence-corrected chi connectivity index (χ1v) is 6.80. The molecule has 0 N–H and O–H groups in total. The minimum atomic E-state index is -0.316. The van der Waals surface area contributed by atoms with Crippen LogP contribution in [0.4, 0.5) is 4.39 Å². The smallest absolute Gasteiger partial charge is 0.258 e. The second-order valence-corrected chi connectivity index (χ2v) is 5.54. The van der Waals surface area contributed by atoms with Crippen LogP contribution >= 0.6 is 11.3 Å². The van der Waals surface area contributed by atoms with Crippen molar-refractivity contribution in [2.75, 3.05) is 0 Å². The number of aryl methyl sites for hydroxylation is 1. The maximum absolute atomic E-state index is 12.8. The van der Waals surface area contributed by atoms with Gasteiger partial charge in [0.1, 0.15) is 18.2 Å². The SMILES string of the molecule is Cc1cn2c(=O)cc(COc3ccc(F)cc3)nc2s1. The van der Waals surface area contributed by atoms with Crippen LogP contribution < -0.4 is 10.3 Å². The Hall–Kier alpha value is -2.21. The highest BCUT2D eigenvalue weighted by Crippen LogP contribution is 2.15. The Bertz CT molecular complexity index is 808. The predicted octanol–water partition coefficient (Wildman–Crippen LogP) is 2.78. The van der Waals surface area contributed by atoms with Crippen LogP contribution in [0.2, 0.25) is 0 Å². The zero-order valence-corrected chi connectivity index (χ0v) is 11.5. The molecule has 0 spiro atoms.